The first kappa shape index (κ1) is 26.5. The van der Waals surface area contributed by atoms with Crippen LogP contribution in [0.5, 0.6) is 11.5 Å². The molecule has 0 heterocycles. The summed E-state index contributed by atoms with van der Waals surface area (Å²) in [6.45, 7) is 0. The van der Waals surface area contributed by atoms with Crippen LogP contribution in [0.3, 0.4) is 0 Å². The molecule has 0 bridgehead atoms. The van der Waals surface area contributed by atoms with E-state index in [9.17, 15) is 29.4 Å². The Hall–Kier alpha value is -3.80. The van der Waals surface area contributed by atoms with E-state index in [4.69, 9.17) is 27.4 Å². The molecule has 0 saturated heterocycles. The van der Waals surface area contributed by atoms with E-state index in [1.54, 1.807) is 0 Å². The predicted molar refractivity (Wildman–Crippen MR) is 121 cm³/mol. The zero-order chi connectivity index (χ0) is 25.6. The SMILES string of the molecule is NC(Cc1ccc(O)cc1C(=O)CCC(N)C(=O)c1cc(O)ccc1CC(N)C(=O)O)C(=O)O. The summed E-state index contributed by atoms with van der Waals surface area (Å²) in [6, 6.07) is 4.07. The fraction of sp³-hybridized carbons (Fsp3) is 0.304. The Morgan fingerprint density at radius 3 is 1.62 bits per heavy atom. The molecule has 0 aliphatic rings. The summed E-state index contributed by atoms with van der Waals surface area (Å²) in [5.74, 6) is -4.01. The van der Waals surface area contributed by atoms with Gasteiger partial charge in [-0.25, -0.2) is 0 Å². The van der Waals surface area contributed by atoms with Crippen LogP contribution < -0.4 is 17.2 Å². The van der Waals surface area contributed by atoms with E-state index in [0.717, 1.165) is 6.07 Å². The number of Topliss-reactive ketones (excluding diaryl/α,β-unsaturated/α-hetero) is 2. The summed E-state index contributed by atoms with van der Waals surface area (Å²) in [7, 11) is 0. The number of carbonyl (C=O) groups is 4. The van der Waals surface area contributed by atoms with Gasteiger partial charge in [-0.2, -0.15) is 0 Å². The number of phenolic OH excluding ortho intramolecular Hbond substituents is 2. The monoisotopic (exact) mass is 473 g/mol. The normalized spacial score (nSPS) is 13.6. The third-order valence-electron chi connectivity index (χ3n) is 5.29. The van der Waals surface area contributed by atoms with E-state index in [-0.39, 0.29) is 53.9 Å². The highest BCUT2D eigenvalue weighted by Gasteiger charge is 2.24. The number of hydrogen-bond acceptors (Lipinski definition) is 9. The third kappa shape index (κ3) is 6.85. The molecule has 11 heteroatoms. The van der Waals surface area contributed by atoms with Gasteiger partial charge in [-0.1, -0.05) is 12.1 Å². The smallest absolute Gasteiger partial charge is 0.320 e. The molecule has 0 aliphatic carbocycles. The van der Waals surface area contributed by atoms with E-state index >= 15 is 0 Å². The van der Waals surface area contributed by atoms with E-state index in [1.165, 1.54) is 30.3 Å². The second-order valence-corrected chi connectivity index (χ2v) is 7.91. The Labute approximate surface area is 194 Å². The molecule has 0 spiro atoms. The van der Waals surface area contributed by atoms with Crippen LogP contribution in [0.15, 0.2) is 36.4 Å². The van der Waals surface area contributed by atoms with E-state index < -0.39 is 41.6 Å². The molecule has 0 amide bonds. The van der Waals surface area contributed by atoms with Gasteiger partial charge in [-0.15, -0.1) is 0 Å². The van der Waals surface area contributed by atoms with Gasteiger partial charge in [0.15, 0.2) is 11.6 Å². The van der Waals surface area contributed by atoms with Crippen molar-refractivity contribution in [1.29, 1.82) is 0 Å². The molecular formula is C23H27N3O8. The van der Waals surface area contributed by atoms with Crippen LogP contribution in [0.25, 0.3) is 0 Å². The van der Waals surface area contributed by atoms with Gasteiger partial charge in [0, 0.05) is 17.5 Å². The average molecular weight is 473 g/mol. The van der Waals surface area contributed by atoms with Gasteiger partial charge in [0.25, 0.3) is 0 Å². The predicted octanol–water partition coefficient (Wildman–Crippen LogP) is 0.180. The Balaban J connectivity index is 2.17. The lowest BCUT2D eigenvalue weighted by Crippen LogP contribution is -2.35. The topological polar surface area (TPSA) is 227 Å². The van der Waals surface area contributed by atoms with Crippen molar-refractivity contribution >= 4 is 23.5 Å². The largest absolute Gasteiger partial charge is 0.508 e. The minimum absolute atomic E-state index is 0.00197. The zero-order valence-electron chi connectivity index (χ0n) is 18.2. The minimum atomic E-state index is -1.27. The van der Waals surface area contributed by atoms with Crippen molar-refractivity contribution in [2.24, 2.45) is 17.2 Å². The van der Waals surface area contributed by atoms with E-state index in [2.05, 4.69) is 0 Å². The van der Waals surface area contributed by atoms with E-state index in [1.807, 2.05) is 0 Å². The van der Waals surface area contributed by atoms with Gasteiger partial charge in [0.05, 0.1) is 6.04 Å². The van der Waals surface area contributed by atoms with Crippen molar-refractivity contribution in [2.75, 3.05) is 0 Å². The number of aliphatic carboxylic acids is 2. The Bertz CT molecular complexity index is 1100. The second-order valence-electron chi connectivity index (χ2n) is 7.91. The maximum Gasteiger partial charge on any atom is 0.320 e. The Morgan fingerprint density at radius 1 is 0.706 bits per heavy atom. The summed E-state index contributed by atoms with van der Waals surface area (Å²) >= 11 is 0. The van der Waals surface area contributed by atoms with Crippen LogP contribution in [0.1, 0.15) is 44.7 Å². The quantitative estimate of drug-likeness (QED) is 0.206. The summed E-state index contributed by atoms with van der Waals surface area (Å²) in [5.41, 5.74) is 17.8. The molecule has 34 heavy (non-hydrogen) atoms. The number of ketones is 2. The van der Waals surface area contributed by atoms with Crippen LogP contribution in [-0.2, 0) is 22.4 Å². The number of aromatic hydroxyl groups is 2. The fourth-order valence-electron chi connectivity index (χ4n) is 3.37. The van der Waals surface area contributed by atoms with Crippen LogP contribution in [0.2, 0.25) is 0 Å². The van der Waals surface area contributed by atoms with Gasteiger partial charge < -0.3 is 37.6 Å². The first-order chi connectivity index (χ1) is 15.9. The van der Waals surface area contributed by atoms with Crippen LogP contribution >= 0.6 is 0 Å². The van der Waals surface area contributed by atoms with E-state index in [0.29, 0.717) is 5.56 Å². The van der Waals surface area contributed by atoms with Crippen molar-refractivity contribution in [3.05, 3.63) is 58.7 Å². The number of carboxylic acid groups (broad SMARTS) is 2. The van der Waals surface area contributed by atoms with Crippen molar-refractivity contribution in [3.63, 3.8) is 0 Å². The minimum Gasteiger partial charge on any atom is -0.508 e. The molecule has 2 aromatic rings. The number of hydrogen-bond donors (Lipinski definition) is 7. The number of benzene rings is 2. The van der Waals surface area contributed by atoms with Crippen molar-refractivity contribution in [2.45, 2.75) is 43.8 Å². The van der Waals surface area contributed by atoms with Crippen LogP contribution in [-0.4, -0.2) is 62.1 Å². The second kappa shape index (κ2) is 11.4. The molecule has 2 rings (SSSR count). The molecule has 0 aliphatic heterocycles. The highest BCUT2D eigenvalue weighted by Crippen LogP contribution is 2.23. The first-order valence-corrected chi connectivity index (χ1v) is 10.3. The summed E-state index contributed by atoms with van der Waals surface area (Å²) < 4.78 is 0. The molecule has 0 saturated carbocycles. The van der Waals surface area contributed by atoms with Gasteiger partial charge >= 0.3 is 11.9 Å². The summed E-state index contributed by atoms with van der Waals surface area (Å²) in [4.78, 5) is 47.8. The third-order valence-corrected chi connectivity index (χ3v) is 5.29. The van der Waals surface area contributed by atoms with Gasteiger partial charge in [-0.3, -0.25) is 19.2 Å². The lowest BCUT2D eigenvalue weighted by molar-refractivity contribution is -0.139. The number of carbonyl (C=O) groups excluding carboxylic acids is 2. The molecule has 0 aromatic heterocycles. The lowest BCUT2D eigenvalue weighted by atomic mass is 9.91. The number of phenols is 2. The maximum absolute atomic E-state index is 12.9. The van der Waals surface area contributed by atoms with Crippen molar-refractivity contribution < 1.29 is 39.6 Å². The number of carboxylic acids is 2. The average Bonchev–Trinajstić information content (AvgIpc) is 2.78. The summed E-state index contributed by atoms with van der Waals surface area (Å²) in [5, 5.41) is 37.6. The molecule has 3 atom stereocenters. The number of nitrogens with two attached hydrogens (primary N) is 3. The fourth-order valence-corrected chi connectivity index (χ4v) is 3.37. The van der Waals surface area contributed by atoms with Gasteiger partial charge in [-0.05, 0) is 54.7 Å². The zero-order valence-corrected chi connectivity index (χ0v) is 18.2. The lowest BCUT2D eigenvalue weighted by Gasteiger charge is -2.16. The standard InChI is InChI=1S/C23H27N3O8/c24-17(21(30)16-10-14(28)4-2-12(16)8-19(26)23(33)34)5-6-20(29)15-9-13(27)3-1-11(15)7-18(25)22(31)32/h1-4,9-10,17-19,27-28H,5-8,24-26H2,(H,31,32)(H,33,34). The molecule has 182 valence electrons. The molecule has 0 radical (unpaired) electrons. The molecule has 0 fully saturated rings. The van der Waals surface area contributed by atoms with Gasteiger partial charge in [0.2, 0.25) is 0 Å². The molecule has 10 N–H and O–H groups in total. The Morgan fingerprint density at radius 2 is 1.15 bits per heavy atom. The molecule has 2 aromatic carbocycles. The van der Waals surface area contributed by atoms with Crippen LogP contribution in [0, 0.1) is 0 Å². The van der Waals surface area contributed by atoms with Gasteiger partial charge in [0.1, 0.15) is 23.6 Å². The summed E-state index contributed by atoms with van der Waals surface area (Å²) in [6.07, 6.45) is -0.608. The first-order valence-electron chi connectivity index (χ1n) is 10.3. The maximum atomic E-state index is 12.9. The highest BCUT2D eigenvalue weighted by molar-refractivity contribution is 6.03. The highest BCUT2D eigenvalue weighted by atomic mass is 16.4. The van der Waals surface area contributed by atoms with Crippen molar-refractivity contribution in [3.8, 4) is 11.5 Å². The number of rotatable bonds is 12. The van der Waals surface area contributed by atoms with Crippen molar-refractivity contribution in [1.82, 2.24) is 0 Å². The van der Waals surface area contributed by atoms with Crippen LogP contribution in [0.4, 0.5) is 0 Å². The molecule has 3 unspecified atom stereocenters. The molecule has 11 nitrogen and oxygen atoms in total. The molecular weight excluding hydrogens is 446 g/mol. The Kier molecular flexibility index (Phi) is 8.84.